The van der Waals surface area contributed by atoms with Gasteiger partial charge in [-0.2, -0.15) is 0 Å². The molecule has 0 unspecified atom stereocenters. The van der Waals surface area contributed by atoms with Gasteiger partial charge in [0, 0.05) is 24.2 Å². The third-order valence-corrected chi connectivity index (χ3v) is 3.61. The van der Waals surface area contributed by atoms with Gasteiger partial charge in [-0.15, -0.1) is 0 Å². The van der Waals surface area contributed by atoms with Crippen LogP contribution in [0.25, 0.3) is 0 Å². The molecule has 0 bridgehead atoms. The summed E-state index contributed by atoms with van der Waals surface area (Å²) in [6.07, 6.45) is 6.71. The lowest BCUT2D eigenvalue weighted by atomic mass is 10.1. The minimum Gasteiger partial charge on any atom is -0.497 e. The van der Waals surface area contributed by atoms with Gasteiger partial charge in [0.15, 0.2) is 0 Å². The van der Waals surface area contributed by atoms with Crippen LogP contribution < -0.4 is 20.9 Å². The Morgan fingerprint density at radius 1 is 1.09 bits per heavy atom. The molecule has 23 heavy (non-hydrogen) atoms. The quantitative estimate of drug-likeness (QED) is 0.675. The van der Waals surface area contributed by atoms with Gasteiger partial charge >= 0.3 is 0 Å². The van der Waals surface area contributed by atoms with E-state index in [4.69, 9.17) is 4.74 Å². The lowest BCUT2D eigenvalue weighted by molar-refractivity contribution is -0.124. The van der Waals surface area contributed by atoms with Crippen molar-refractivity contribution in [1.29, 1.82) is 0 Å². The first-order chi connectivity index (χ1) is 11.2. The van der Waals surface area contributed by atoms with Gasteiger partial charge in [0.05, 0.1) is 7.11 Å². The van der Waals surface area contributed by atoms with E-state index in [-0.39, 0.29) is 24.7 Å². The first kappa shape index (κ1) is 16.9. The number of hydrazine groups is 1. The molecule has 1 aliphatic rings. The molecule has 2 rings (SSSR count). The van der Waals surface area contributed by atoms with Crippen molar-refractivity contribution >= 4 is 17.5 Å². The number of hydrogen-bond donors (Lipinski definition) is 3. The lowest BCUT2D eigenvalue weighted by Crippen LogP contribution is -2.37. The fourth-order valence-electron chi connectivity index (χ4n) is 2.29. The van der Waals surface area contributed by atoms with Crippen LogP contribution in [-0.4, -0.2) is 18.9 Å². The smallest absolute Gasteiger partial charge is 0.238 e. The van der Waals surface area contributed by atoms with Crippen molar-refractivity contribution < 1.29 is 14.3 Å². The van der Waals surface area contributed by atoms with E-state index in [1.165, 1.54) is 6.42 Å². The third-order valence-electron chi connectivity index (χ3n) is 3.61. The summed E-state index contributed by atoms with van der Waals surface area (Å²) in [5.74, 6) is 0.342. The van der Waals surface area contributed by atoms with E-state index >= 15 is 0 Å². The summed E-state index contributed by atoms with van der Waals surface area (Å²) in [7, 11) is 1.59. The predicted molar refractivity (Wildman–Crippen MR) is 88.7 cm³/mol. The molecule has 6 nitrogen and oxygen atoms in total. The molecule has 0 atom stereocenters. The third kappa shape index (κ3) is 6.02. The van der Waals surface area contributed by atoms with E-state index in [0.717, 1.165) is 30.7 Å². The molecule has 3 N–H and O–H groups in total. The number of benzene rings is 1. The first-order valence-corrected chi connectivity index (χ1v) is 7.85. The van der Waals surface area contributed by atoms with Gasteiger partial charge in [0.1, 0.15) is 5.75 Å². The summed E-state index contributed by atoms with van der Waals surface area (Å²) in [4.78, 5) is 23.6. The van der Waals surface area contributed by atoms with Gasteiger partial charge < -0.3 is 15.5 Å². The van der Waals surface area contributed by atoms with Gasteiger partial charge in [-0.05, 0) is 49.9 Å². The Hall–Kier alpha value is -2.50. The monoisotopic (exact) mass is 317 g/mol. The molecule has 0 fully saturated rings. The van der Waals surface area contributed by atoms with Gasteiger partial charge in [0.2, 0.25) is 11.8 Å². The van der Waals surface area contributed by atoms with Crippen LogP contribution in [0.3, 0.4) is 0 Å². The number of ether oxygens (including phenoxy) is 1. The van der Waals surface area contributed by atoms with Gasteiger partial charge in [0.25, 0.3) is 0 Å². The number of carbonyl (C=O) groups excluding carboxylic acids is 2. The van der Waals surface area contributed by atoms with Crippen LogP contribution in [0.2, 0.25) is 0 Å². The average molecular weight is 317 g/mol. The summed E-state index contributed by atoms with van der Waals surface area (Å²) in [5.41, 5.74) is 7.29. The molecular weight excluding hydrogens is 294 g/mol. The van der Waals surface area contributed by atoms with Crippen LogP contribution in [-0.2, 0) is 9.59 Å². The highest BCUT2D eigenvalue weighted by Crippen LogP contribution is 2.15. The number of allylic oxidation sites excluding steroid dienone is 2. The first-order valence-electron chi connectivity index (χ1n) is 7.85. The fraction of sp³-hybridized carbons (Fsp3) is 0.412. The number of carbonyl (C=O) groups is 2. The zero-order valence-corrected chi connectivity index (χ0v) is 13.4. The molecule has 6 heteroatoms. The van der Waals surface area contributed by atoms with Crippen molar-refractivity contribution in [3.8, 4) is 5.75 Å². The standard InChI is InChI=1S/C17H23N3O3/c1-23-15-9-7-13(8-10-15)18-16(21)11-12-17(22)20-19-14-5-3-2-4-6-14/h5,7-10,19H,2-4,6,11-12H2,1H3,(H,18,21)(H,20,22). The van der Waals surface area contributed by atoms with Crippen LogP contribution >= 0.6 is 0 Å². The average Bonchev–Trinajstić information content (AvgIpc) is 2.60. The molecule has 2 amide bonds. The summed E-state index contributed by atoms with van der Waals surface area (Å²) in [6, 6.07) is 7.05. The van der Waals surface area contributed by atoms with Crippen molar-refractivity contribution in [2.45, 2.75) is 38.5 Å². The van der Waals surface area contributed by atoms with E-state index in [2.05, 4.69) is 22.2 Å². The second-order valence-corrected chi connectivity index (χ2v) is 5.42. The van der Waals surface area contributed by atoms with Gasteiger partial charge in [-0.1, -0.05) is 6.08 Å². The molecule has 124 valence electrons. The molecule has 1 aliphatic carbocycles. The molecule has 1 aromatic rings. The van der Waals surface area contributed by atoms with Crippen LogP contribution in [0.15, 0.2) is 36.0 Å². The zero-order valence-electron chi connectivity index (χ0n) is 13.4. The topological polar surface area (TPSA) is 79.5 Å². The molecule has 0 heterocycles. The number of nitrogens with one attached hydrogen (secondary N) is 3. The second-order valence-electron chi connectivity index (χ2n) is 5.42. The zero-order chi connectivity index (χ0) is 16.5. The van der Waals surface area contributed by atoms with E-state index < -0.39 is 0 Å². The van der Waals surface area contributed by atoms with Crippen molar-refractivity contribution in [1.82, 2.24) is 10.9 Å². The van der Waals surface area contributed by atoms with E-state index in [0.29, 0.717) is 5.69 Å². The maximum atomic E-state index is 11.8. The number of anilines is 1. The SMILES string of the molecule is COc1ccc(NC(=O)CCC(=O)NNC2=CCCCC2)cc1. The molecule has 0 radical (unpaired) electrons. The highest BCUT2D eigenvalue weighted by Gasteiger charge is 2.08. The Bertz CT molecular complexity index is 567. The van der Waals surface area contributed by atoms with Crippen molar-refractivity contribution in [2.75, 3.05) is 12.4 Å². The molecule has 0 saturated heterocycles. The Morgan fingerprint density at radius 2 is 1.83 bits per heavy atom. The lowest BCUT2D eigenvalue weighted by Gasteiger charge is -2.15. The van der Waals surface area contributed by atoms with Gasteiger partial charge in [-0.25, -0.2) is 0 Å². The maximum absolute atomic E-state index is 11.8. The normalized spacial score (nSPS) is 13.7. The van der Waals surface area contributed by atoms with Crippen LogP contribution in [0.1, 0.15) is 38.5 Å². The van der Waals surface area contributed by atoms with Crippen molar-refractivity contribution in [2.24, 2.45) is 0 Å². The predicted octanol–water partition coefficient (Wildman–Crippen LogP) is 2.49. The van der Waals surface area contributed by atoms with E-state index in [1.54, 1.807) is 31.4 Å². The van der Waals surface area contributed by atoms with Crippen molar-refractivity contribution in [3.05, 3.63) is 36.0 Å². The Balaban J connectivity index is 1.66. The fourth-order valence-corrected chi connectivity index (χ4v) is 2.29. The molecular formula is C17H23N3O3. The molecule has 0 spiro atoms. The summed E-state index contributed by atoms with van der Waals surface area (Å²) in [6.45, 7) is 0. The van der Waals surface area contributed by atoms with E-state index in [9.17, 15) is 9.59 Å². The van der Waals surface area contributed by atoms with Gasteiger partial charge in [-0.3, -0.25) is 15.0 Å². The number of hydrogen-bond acceptors (Lipinski definition) is 4. The maximum Gasteiger partial charge on any atom is 0.238 e. The van der Waals surface area contributed by atoms with Crippen LogP contribution in [0.4, 0.5) is 5.69 Å². The number of rotatable bonds is 7. The summed E-state index contributed by atoms with van der Waals surface area (Å²) < 4.78 is 5.05. The number of amides is 2. The van der Waals surface area contributed by atoms with Crippen LogP contribution in [0.5, 0.6) is 5.75 Å². The summed E-state index contributed by atoms with van der Waals surface area (Å²) >= 11 is 0. The molecule has 0 aliphatic heterocycles. The molecule has 0 saturated carbocycles. The highest BCUT2D eigenvalue weighted by atomic mass is 16.5. The van der Waals surface area contributed by atoms with E-state index in [1.807, 2.05) is 0 Å². The number of methoxy groups -OCH3 is 1. The Kier molecular flexibility index (Phi) is 6.47. The second kappa shape index (κ2) is 8.82. The summed E-state index contributed by atoms with van der Waals surface area (Å²) in [5, 5.41) is 2.75. The minimum atomic E-state index is -0.193. The molecule has 0 aromatic heterocycles. The Labute approximate surface area is 136 Å². The Morgan fingerprint density at radius 3 is 2.48 bits per heavy atom. The molecule has 1 aromatic carbocycles. The highest BCUT2D eigenvalue weighted by molar-refractivity contribution is 5.93. The van der Waals surface area contributed by atoms with Crippen molar-refractivity contribution in [3.63, 3.8) is 0 Å². The van der Waals surface area contributed by atoms with Crippen LogP contribution in [0, 0.1) is 0 Å². The minimum absolute atomic E-state index is 0.137. The largest absolute Gasteiger partial charge is 0.497 e.